The van der Waals surface area contributed by atoms with Crippen molar-refractivity contribution in [3.8, 4) is 34.5 Å². The van der Waals surface area contributed by atoms with Crippen molar-refractivity contribution in [1.29, 1.82) is 0 Å². The van der Waals surface area contributed by atoms with E-state index in [4.69, 9.17) is 52.2 Å². The van der Waals surface area contributed by atoms with Crippen molar-refractivity contribution in [1.82, 2.24) is 19.8 Å². The molecule has 3 atom stereocenters. The van der Waals surface area contributed by atoms with Gasteiger partial charge in [-0.2, -0.15) is 0 Å². The molecule has 2 aromatic heterocycles. The molecule has 3 amide bonds. The van der Waals surface area contributed by atoms with Crippen LogP contribution in [0.1, 0.15) is 109 Å². The lowest BCUT2D eigenvalue weighted by Gasteiger charge is -2.50. The molecule has 0 spiro atoms. The number of oxime groups is 1. The smallest absolute Gasteiger partial charge is 0.413 e. The van der Waals surface area contributed by atoms with Gasteiger partial charge in [-0.1, -0.05) is 61.1 Å². The standard InChI is InChI=1S/C74H83N7O18S2.CH4/c1-12-79-36-49(65(83)55-33-58(93-39-45-15-23-51(89-8)24-16-45)59(34-57(55)79)94-40-46-17-25-52(90-9)26-18-46)37-81(31-13-14-32-81)38-50-43-100-68-63(67(85)80(68)64(50)70(87)96-42-48-21-29-54(92-11)30-22-48)76-66(84)62(56-44-101-71(75-56)77-72(88)98-74(5,6)7)78-99-60(35-61(82)97-73(2,3)4)69(86)95-41-47-19-27-53(91-10)28-20-47;/h15-30,33-34,36,44,60,63,68H,12-14,31-32,35,37-43H2,1-11H3,(H-,75,76,77,84,88);1H4/p+1/b78-62-;/t60-,63+,68+;/m0./s1. The van der Waals surface area contributed by atoms with E-state index in [0.717, 1.165) is 35.3 Å². The minimum Gasteiger partial charge on any atom is -0.497 e. The number of β-lactam (4-membered cyclic amide) rings is 1. The minimum atomic E-state index is -1.78. The van der Waals surface area contributed by atoms with Crippen molar-refractivity contribution in [3.63, 3.8) is 0 Å². The number of thioether (sulfide) groups is 1. The van der Waals surface area contributed by atoms with E-state index in [1.165, 1.54) is 29.2 Å². The van der Waals surface area contributed by atoms with Crippen molar-refractivity contribution in [2.75, 3.05) is 59.1 Å². The molecule has 102 heavy (non-hydrogen) atoms. The summed E-state index contributed by atoms with van der Waals surface area (Å²) in [6.45, 7) is 14.3. The predicted octanol–water partition coefficient (Wildman–Crippen LogP) is 11.4. The Hall–Kier alpha value is -10.1. The number of fused-ring (bicyclic) bond motifs is 2. The van der Waals surface area contributed by atoms with Gasteiger partial charge in [-0.05, 0) is 125 Å². The van der Waals surface area contributed by atoms with Gasteiger partial charge in [-0.3, -0.25) is 29.4 Å². The first kappa shape index (κ1) is 76.1. The Balaban J connectivity index is 0.0000121. The molecule has 0 radical (unpaired) electrons. The van der Waals surface area contributed by atoms with E-state index >= 15 is 9.59 Å². The van der Waals surface area contributed by atoms with Gasteiger partial charge in [0.1, 0.15) is 96.5 Å². The monoisotopic (exact) mass is 1440 g/mol. The third-order valence-corrected chi connectivity index (χ3v) is 18.8. The zero-order valence-electron chi connectivity index (χ0n) is 58.4. The fraction of sp³-hybridized carbons (Fsp3) is 0.400. The summed E-state index contributed by atoms with van der Waals surface area (Å²) in [6, 6.07) is 31.1. The van der Waals surface area contributed by atoms with E-state index in [9.17, 15) is 24.0 Å². The molecule has 5 heterocycles. The number of rotatable bonds is 29. The van der Waals surface area contributed by atoms with Crippen molar-refractivity contribution in [3.05, 3.63) is 176 Å². The molecule has 25 nitrogen and oxygen atoms in total. The van der Waals surface area contributed by atoms with Gasteiger partial charge in [0.25, 0.3) is 11.8 Å². The highest BCUT2D eigenvalue weighted by Gasteiger charge is 2.56. The molecular weight excluding hydrogens is 1350 g/mol. The van der Waals surface area contributed by atoms with Crippen LogP contribution in [0.25, 0.3) is 10.9 Å². The molecule has 542 valence electrons. The maximum absolute atomic E-state index is 15.3. The number of hydrogen-bond acceptors (Lipinski definition) is 22. The fourth-order valence-electron chi connectivity index (χ4n) is 11.7. The number of methoxy groups -OCH3 is 4. The lowest BCUT2D eigenvalue weighted by molar-refractivity contribution is -0.925. The molecule has 3 aliphatic heterocycles. The summed E-state index contributed by atoms with van der Waals surface area (Å²) in [7, 11) is 6.27. The molecule has 10 rings (SSSR count). The number of nitrogens with zero attached hydrogens (tertiary/aromatic N) is 5. The largest absolute Gasteiger partial charge is 0.497 e. The number of benzene rings is 5. The molecule has 0 bridgehead atoms. The topological polar surface area (TPSA) is 278 Å². The fourth-order valence-corrected chi connectivity index (χ4v) is 13.7. The molecule has 0 unspecified atom stereocenters. The molecular formula is C75H88N7O18S2+. The van der Waals surface area contributed by atoms with Crippen molar-refractivity contribution < 1.29 is 85.5 Å². The zero-order valence-corrected chi connectivity index (χ0v) is 60.0. The highest BCUT2D eigenvalue weighted by Crippen LogP contribution is 2.43. The SMILES string of the molecule is C.CCn1cc(C[N+]2(CC3=C(C(=O)OCc4ccc(OC)cc4)N4C(=O)[C@@H](NC(=O)/C(=N\O[C@@H](CC(=O)OC(C)(C)C)C(=O)OCc5ccc(OC)cc5)c5csc(NC(=O)OC(C)(C)C)n5)[C@H]4SC3)CCCC2)c(=O)c2cc(OCc3ccc(OC)cc3)c(OCc3ccc(OC)cc3)cc21. The van der Waals surface area contributed by atoms with Crippen LogP contribution in [0.2, 0.25) is 0 Å². The summed E-state index contributed by atoms with van der Waals surface area (Å²) in [5, 5.41) is 10.4. The minimum absolute atomic E-state index is 0. The summed E-state index contributed by atoms with van der Waals surface area (Å²) in [5.74, 6) is -0.728. The average Bonchev–Trinajstić information content (AvgIpc) is 0.799. The Morgan fingerprint density at radius 2 is 1.21 bits per heavy atom. The second kappa shape index (κ2) is 33.6. The molecule has 2 N–H and O–H groups in total. The number of carbonyl (C=O) groups is 6. The van der Waals surface area contributed by atoms with E-state index < -0.39 is 76.7 Å². The first-order chi connectivity index (χ1) is 48.3. The molecule has 0 aliphatic carbocycles. The van der Waals surface area contributed by atoms with Gasteiger partial charge < -0.3 is 66.6 Å². The summed E-state index contributed by atoms with van der Waals surface area (Å²) in [4.78, 5) is 112. The lowest BCUT2D eigenvalue weighted by Crippen LogP contribution is -2.71. The van der Waals surface area contributed by atoms with Gasteiger partial charge >= 0.3 is 24.0 Å². The summed E-state index contributed by atoms with van der Waals surface area (Å²) in [5.41, 5.74) is 2.03. The van der Waals surface area contributed by atoms with E-state index in [2.05, 4.69) is 20.8 Å². The summed E-state index contributed by atoms with van der Waals surface area (Å²) < 4.78 is 59.5. The molecule has 27 heteroatoms. The van der Waals surface area contributed by atoms with Crippen LogP contribution in [0, 0.1) is 0 Å². The van der Waals surface area contributed by atoms with Crippen LogP contribution in [0.4, 0.5) is 9.93 Å². The van der Waals surface area contributed by atoms with E-state index in [-0.39, 0.29) is 74.6 Å². The molecule has 2 saturated heterocycles. The Kier molecular flexibility index (Phi) is 25.0. The van der Waals surface area contributed by atoms with Crippen LogP contribution >= 0.6 is 23.1 Å². The average molecular weight is 1440 g/mol. The zero-order chi connectivity index (χ0) is 72.2. The maximum Gasteiger partial charge on any atom is 0.413 e. The van der Waals surface area contributed by atoms with Crippen LogP contribution in [0.5, 0.6) is 34.5 Å². The van der Waals surface area contributed by atoms with Gasteiger partial charge in [0, 0.05) is 48.4 Å². The highest BCUT2D eigenvalue weighted by molar-refractivity contribution is 8.00. The van der Waals surface area contributed by atoms with Crippen LogP contribution in [-0.2, 0) is 87.3 Å². The predicted molar refractivity (Wildman–Crippen MR) is 385 cm³/mol. The molecule has 5 aromatic carbocycles. The lowest BCUT2D eigenvalue weighted by atomic mass is 10.0. The Morgan fingerprint density at radius 3 is 1.73 bits per heavy atom. The number of nitrogens with one attached hydrogen (secondary N) is 2. The number of pyridine rings is 1. The van der Waals surface area contributed by atoms with Gasteiger partial charge in [-0.15, -0.1) is 23.1 Å². The van der Waals surface area contributed by atoms with Gasteiger partial charge in [0.2, 0.25) is 6.10 Å². The van der Waals surface area contributed by atoms with Gasteiger partial charge in [0.15, 0.2) is 27.8 Å². The number of aromatic nitrogens is 2. The first-order valence-corrected chi connectivity index (χ1v) is 34.8. The number of thiazole rings is 1. The molecule has 3 aliphatic rings. The first-order valence-electron chi connectivity index (χ1n) is 32.9. The van der Waals surface area contributed by atoms with Crippen LogP contribution in [0.3, 0.4) is 0 Å². The van der Waals surface area contributed by atoms with Crippen molar-refractivity contribution >= 4 is 80.7 Å². The number of likely N-dealkylation sites (tertiary alicyclic amines) is 1. The van der Waals surface area contributed by atoms with E-state index in [0.29, 0.717) is 91.8 Å². The normalized spacial score (nSPS) is 15.9. The van der Waals surface area contributed by atoms with Crippen LogP contribution in [0.15, 0.2) is 142 Å². The number of hydrogen-bond donors (Lipinski definition) is 2. The number of quaternary nitrogens is 1. The maximum atomic E-state index is 15.3. The third-order valence-electron chi connectivity index (χ3n) is 16.7. The summed E-state index contributed by atoms with van der Waals surface area (Å²) in [6.07, 6.45) is 0.217. The number of carbonyl (C=O) groups excluding carboxylic acids is 6. The number of esters is 3. The number of anilines is 1. The Morgan fingerprint density at radius 1 is 0.686 bits per heavy atom. The van der Waals surface area contributed by atoms with E-state index in [1.807, 2.05) is 72.3 Å². The Labute approximate surface area is 600 Å². The van der Waals surface area contributed by atoms with Gasteiger partial charge in [-0.25, -0.2) is 19.4 Å². The second-order valence-electron chi connectivity index (χ2n) is 26.4. The van der Waals surface area contributed by atoms with Crippen molar-refractivity contribution in [2.24, 2.45) is 5.16 Å². The summed E-state index contributed by atoms with van der Waals surface area (Å²) >= 11 is 2.23. The molecule has 2 fully saturated rings. The molecule has 0 saturated carbocycles. The third kappa shape index (κ3) is 19.3. The van der Waals surface area contributed by atoms with Gasteiger partial charge in [0.05, 0.1) is 64.4 Å². The highest BCUT2D eigenvalue weighted by atomic mass is 32.2. The van der Waals surface area contributed by atoms with Crippen LogP contribution in [-0.4, -0.2) is 143 Å². The van der Waals surface area contributed by atoms with Crippen LogP contribution < -0.4 is 44.5 Å². The number of aryl methyl sites for hydroxylation is 1. The molecule has 7 aromatic rings. The number of ether oxygens (including phenoxy) is 10. The quantitative estimate of drug-likeness (QED) is 0.0110. The Bertz CT molecular complexity index is 4270. The second-order valence-corrected chi connectivity index (χ2v) is 28.3. The van der Waals surface area contributed by atoms with E-state index in [1.54, 1.807) is 117 Å². The number of amides is 3. The van der Waals surface area contributed by atoms with Crippen molar-refractivity contribution in [2.45, 2.75) is 143 Å².